The number of hydrogen-bond acceptors (Lipinski definition) is 4. The largest absolute Gasteiger partial charge is 0.507 e. The molecule has 1 amide bonds. The van der Waals surface area contributed by atoms with Gasteiger partial charge in [0.2, 0.25) is 0 Å². The van der Waals surface area contributed by atoms with Crippen LogP contribution < -0.4 is 10.1 Å². The first-order valence-electron chi connectivity index (χ1n) is 6.90. The van der Waals surface area contributed by atoms with Crippen LogP contribution in [0.1, 0.15) is 11.1 Å². The van der Waals surface area contributed by atoms with Gasteiger partial charge in [0.25, 0.3) is 5.91 Å². The number of rotatable bonds is 4. The monoisotopic (exact) mass is 308 g/mol. The van der Waals surface area contributed by atoms with E-state index in [4.69, 9.17) is 4.74 Å². The molecule has 23 heavy (non-hydrogen) atoms. The Morgan fingerprint density at radius 3 is 2.70 bits per heavy atom. The number of aryl methyl sites for hydroxylation is 1. The summed E-state index contributed by atoms with van der Waals surface area (Å²) < 4.78 is 4.99. The first-order chi connectivity index (χ1) is 11.0. The van der Waals surface area contributed by atoms with Crippen LogP contribution >= 0.6 is 0 Å². The highest BCUT2D eigenvalue weighted by atomic mass is 16.5. The maximum absolute atomic E-state index is 12.2. The number of ether oxygens (including phenoxy) is 1. The number of aromatic hydroxyl groups is 1. The van der Waals surface area contributed by atoms with Crippen molar-refractivity contribution in [1.29, 1.82) is 5.26 Å². The topological polar surface area (TPSA) is 82.3 Å². The minimum atomic E-state index is -0.534. The van der Waals surface area contributed by atoms with Gasteiger partial charge in [-0.15, -0.1) is 0 Å². The normalized spacial score (nSPS) is 10.7. The van der Waals surface area contributed by atoms with E-state index in [1.54, 1.807) is 24.3 Å². The lowest BCUT2D eigenvalue weighted by atomic mass is 10.1. The number of methoxy groups -OCH3 is 1. The van der Waals surface area contributed by atoms with Crippen molar-refractivity contribution in [3.63, 3.8) is 0 Å². The van der Waals surface area contributed by atoms with E-state index in [-0.39, 0.29) is 11.3 Å². The van der Waals surface area contributed by atoms with Gasteiger partial charge in [-0.05, 0) is 42.8 Å². The van der Waals surface area contributed by atoms with Crippen molar-refractivity contribution in [2.45, 2.75) is 6.92 Å². The van der Waals surface area contributed by atoms with E-state index >= 15 is 0 Å². The lowest BCUT2D eigenvalue weighted by Gasteiger charge is -2.06. The van der Waals surface area contributed by atoms with Crippen LogP contribution in [0.15, 0.2) is 48.0 Å². The molecule has 5 nitrogen and oxygen atoms in total. The van der Waals surface area contributed by atoms with Crippen LogP contribution in [0.2, 0.25) is 0 Å². The predicted octanol–water partition coefficient (Wildman–Crippen LogP) is 3.25. The van der Waals surface area contributed by atoms with Crippen molar-refractivity contribution >= 4 is 17.7 Å². The number of nitriles is 1. The summed E-state index contributed by atoms with van der Waals surface area (Å²) in [6.07, 6.45) is 1.33. The summed E-state index contributed by atoms with van der Waals surface area (Å²) in [5.74, 6) is -0.115. The average Bonchev–Trinajstić information content (AvgIpc) is 2.53. The van der Waals surface area contributed by atoms with Crippen molar-refractivity contribution < 1.29 is 14.6 Å². The van der Waals surface area contributed by atoms with Gasteiger partial charge in [-0.1, -0.05) is 12.1 Å². The molecule has 5 heteroatoms. The summed E-state index contributed by atoms with van der Waals surface area (Å²) in [4.78, 5) is 12.2. The standard InChI is InChI=1S/C18H16N2O3/c1-12-4-3-5-15(8-12)20-18(22)14(11-19)9-13-6-7-16(23-2)10-17(13)21/h3-10,21H,1-2H3,(H,20,22)/b14-9+. The summed E-state index contributed by atoms with van der Waals surface area (Å²) in [6.45, 7) is 1.91. The number of carbonyl (C=O) groups is 1. The molecule has 0 aliphatic heterocycles. The van der Waals surface area contributed by atoms with Crippen molar-refractivity contribution in [2.75, 3.05) is 12.4 Å². The van der Waals surface area contributed by atoms with E-state index in [0.29, 0.717) is 17.0 Å². The molecule has 0 radical (unpaired) electrons. The summed E-state index contributed by atoms with van der Waals surface area (Å²) in [7, 11) is 1.49. The van der Waals surface area contributed by atoms with Gasteiger partial charge in [-0.2, -0.15) is 5.26 Å². The van der Waals surface area contributed by atoms with Gasteiger partial charge >= 0.3 is 0 Å². The SMILES string of the molecule is COc1ccc(/C=C(\C#N)C(=O)Nc2cccc(C)c2)c(O)c1. The van der Waals surface area contributed by atoms with Crippen LogP contribution in [-0.4, -0.2) is 18.1 Å². The zero-order valence-corrected chi connectivity index (χ0v) is 12.8. The predicted molar refractivity (Wildman–Crippen MR) is 88.1 cm³/mol. The second-order valence-electron chi connectivity index (χ2n) is 4.92. The van der Waals surface area contributed by atoms with Gasteiger partial charge in [-0.3, -0.25) is 4.79 Å². The fraction of sp³-hybridized carbons (Fsp3) is 0.111. The molecule has 0 saturated carbocycles. The second kappa shape index (κ2) is 7.14. The minimum absolute atomic E-state index is 0.0690. The Hall–Kier alpha value is -3.26. The number of carbonyl (C=O) groups excluding carboxylic acids is 1. The molecule has 0 aliphatic carbocycles. The number of benzene rings is 2. The molecule has 2 rings (SSSR count). The van der Waals surface area contributed by atoms with Gasteiger partial charge in [0.15, 0.2) is 0 Å². The number of nitrogens with zero attached hydrogens (tertiary/aromatic N) is 1. The van der Waals surface area contributed by atoms with Crippen molar-refractivity contribution in [2.24, 2.45) is 0 Å². The third-order valence-electron chi connectivity index (χ3n) is 3.18. The first-order valence-corrected chi connectivity index (χ1v) is 6.90. The Morgan fingerprint density at radius 1 is 1.30 bits per heavy atom. The molecule has 0 atom stereocenters. The Kier molecular flexibility index (Phi) is 5.00. The lowest BCUT2D eigenvalue weighted by Crippen LogP contribution is -2.13. The molecule has 0 saturated heterocycles. The van der Waals surface area contributed by atoms with Crippen molar-refractivity contribution in [3.05, 3.63) is 59.2 Å². The Bertz CT molecular complexity index is 804. The zero-order chi connectivity index (χ0) is 16.8. The van der Waals surface area contributed by atoms with E-state index < -0.39 is 5.91 Å². The summed E-state index contributed by atoms with van der Waals surface area (Å²) in [6, 6.07) is 13.7. The van der Waals surface area contributed by atoms with E-state index in [2.05, 4.69) is 5.32 Å². The van der Waals surface area contributed by atoms with Crippen LogP contribution in [0.25, 0.3) is 6.08 Å². The van der Waals surface area contributed by atoms with Gasteiger partial charge in [0.1, 0.15) is 23.1 Å². The molecular formula is C18H16N2O3. The molecule has 0 heterocycles. The Labute approximate surface area is 134 Å². The Balaban J connectivity index is 2.25. The highest BCUT2D eigenvalue weighted by molar-refractivity contribution is 6.09. The number of anilines is 1. The maximum atomic E-state index is 12.2. The van der Waals surface area contributed by atoms with Crippen LogP contribution in [0.3, 0.4) is 0 Å². The first kappa shape index (κ1) is 16.1. The number of phenolic OH excluding ortho intramolecular Hbond substituents is 1. The highest BCUT2D eigenvalue weighted by Gasteiger charge is 2.11. The summed E-state index contributed by atoms with van der Waals surface area (Å²) in [5, 5.41) is 21.8. The number of nitrogens with one attached hydrogen (secondary N) is 1. The fourth-order valence-electron chi connectivity index (χ4n) is 2.00. The molecule has 2 aromatic carbocycles. The van der Waals surface area contributed by atoms with E-state index in [1.807, 2.05) is 25.1 Å². The van der Waals surface area contributed by atoms with Crippen LogP contribution in [0, 0.1) is 18.3 Å². The van der Waals surface area contributed by atoms with Crippen molar-refractivity contribution in [1.82, 2.24) is 0 Å². The van der Waals surface area contributed by atoms with Gasteiger partial charge in [0.05, 0.1) is 7.11 Å². The smallest absolute Gasteiger partial charge is 0.266 e. The average molecular weight is 308 g/mol. The number of phenols is 1. The summed E-state index contributed by atoms with van der Waals surface area (Å²) >= 11 is 0. The number of amides is 1. The number of hydrogen-bond donors (Lipinski definition) is 2. The molecule has 2 aromatic rings. The molecular weight excluding hydrogens is 292 g/mol. The van der Waals surface area contributed by atoms with E-state index in [0.717, 1.165) is 5.56 Å². The Morgan fingerprint density at radius 2 is 2.09 bits per heavy atom. The fourth-order valence-corrected chi connectivity index (χ4v) is 2.00. The molecule has 2 N–H and O–H groups in total. The van der Waals surface area contributed by atoms with E-state index in [9.17, 15) is 15.2 Å². The minimum Gasteiger partial charge on any atom is -0.507 e. The molecule has 0 aromatic heterocycles. The van der Waals surface area contributed by atoms with Crippen LogP contribution in [-0.2, 0) is 4.79 Å². The van der Waals surface area contributed by atoms with Crippen LogP contribution in [0.4, 0.5) is 5.69 Å². The van der Waals surface area contributed by atoms with Gasteiger partial charge < -0.3 is 15.2 Å². The van der Waals surface area contributed by atoms with E-state index in [1.165, 1.54) is 19.3 Å². The molecule has 0 fully saturated rings. The third-order valence-corrected chi connectivity index (χ3v) is 3.18. The molecule has 0 unspecified atom stereocenters. The van der Waals surface area contributed by atoms with Crippen molar-refractivity contribution in [3.8, 4) is 17.6 Å². The molecule has 116 valence electrons. The molecule has 0 bridgehead atoms. The third kappa shape index (κ3) is 4.11. The zero-order valence-electron chi connectivity index (χ0n) is 12.8. The molecule has 0 aliphatic rings. The lowest BCUT2D eigenvalue weighted by molar-refractivity contribution is -0.112. The van der Waals surface area contributed by atoms with Gasteiger partial charge in [0, 0.05) is 17.3 Å². The molecule has 0 spiro atoms. The van der Waals surface area contributed by atoms with Gasteiger partial charge in [-0.25, -0.2) is 0 Å². The quantitative estimate of drug-likeness (QED) is 0.671. The summed E-state index contributed by atoms with van der Waals surface area (Å²) in [5.41, 5.74) is 1.86. The maximum Gasteiger partial charge on any atom is 0.266 e. The second-order valence-corrected chi connectivity index (χ2v) is 4.92. The van der Waals surface area contributed by atoms with Crippen LogP contribution in [0.5, 0.6) is 11.5 Å². The highest BCUT2D eigenvalue weighted by Crippen LogP contribution is 2.25.